The minimum atomic E-state index is -1.16. The number of carbonyl (C=O) groups excluding carboxylic acids is 1. The van der Waals surface area contributed by atoms with Crippen LogP contribution in [0.4, 0.5) is 0 Å². The van der Waals surface area contributed by atoms with Gasteiger partial charge in [0, 0.05) is 24.0 Å². The van der Waals surface area contributed by atoms with Gasteiger partial charge in [-0.05, 0) is 39.9 Å². The second-order valence-electron chi connectivity index (χ2n) is 12.3. The van der Waals surface area contributed by atoms with E-state index in [0.717, 1.165) is 22.3 Å². The van der Waals surface area contributed by atoms with Gasteiger partial charge in [-0.25, -0.2) is 0 Å². The molecule has 0 bridgehead atoms. The minimum Gasteiger partial charge on any atom is -0.507 e. The molecule has 0 saturated carbocycles. The Balaban J connectivity index is 1.43. The van der Waals surface area contributed by atoms with Crippen molar-refractivity contribution in [2.75, 3.05) is 0 Å². The van der Waals surface area contributed by atoms with Crippen LogP contribution in [0.1, 0.15) is 55.4 Å². The summed E-state index contributed by atoms with van der Waals surface area (Å²) in [6.07, 6.45) is -1.62. The Bertz CT molecular complexity index is 2080. The molecule has 6 aromatic carbocycles. The number of ether oxygens (including phenoxy) is 3. The maximum atomic E-state index is 15.0. The molecule has 1 heterocycles. The fourth-order valence-corrected chi connectivity index (χ4v) is 6.33. The highest BCUT2D eigenvalue weighted by Gasteiger charge is 2.44. The van der Waals surface area contributed by atoms with E-state index in [1.165, 1.54) is 12.1 Å². The van der Waals surface area contributed by atoms with Gasteiger partial charge < -0.3 is 29.5 Å². The first-order valence-corrected chi connectivity index (χ1v) is 16.5. The van der Waals surface area contributed by atoms with Gasteiger partial charge in [0.05, 0.1) is 6.61 Å². The number of aromatic hydroxyl groups is 3. The molecule has 0 saturated heterocycles. The third-order valence-electron chi connectivity index (χ3n) is 8.87. The van der Waals surface area contributed by atoms with E-state index in [1.54, 1.807) is 6.07 Å². The molecule has 7 rings (SSSR count). The quantitative estimate of drug-likeness (QED) is 0.119. The van der Waals surface area contributed by atoms with Crippen LogP contribution in [0.3, 0.4) is 0 Å². The highest BCUT2D eigenvalue weighted by molar-refractivity contribution is 6.07. The maximum Gasteiger partial charge on any atom is 0.203 e. The van der Waals surface area contributed by atoms with Gasteiger partial charge in [-0.2, -0.15) is 0 Å². The number of ketones is 1. The van der Waals surface area contributed by atoms with Crippen molar-refractivity contribution in [1.82, 2.24) is 0 Å². The minimum absolute atomic E-state index is 0.0247. The number of hydrogen-bond acceptors (Lipinski definition) is 7. The molecule has 0 spiro atoms. The molecule has 7 nitrogen and oxygen atoms in total. The van der Waals surface area contributed by atoms with Crippen molar-refractivity contribution in [2.24, 2.45) is 0 Å². The lowest BCUT2D eigenvalue weighted by Crippen LogP contribution is -2.39. The molecule has 2 unspecified atom stereocenters. The Morgan fingerprint density at radius 1 is 0.580 bits per heavy atom. The van der Waals surface area contributed by atoms with Crippen LogP contribution in [-0.4, -0.2) is 27.2 Å². The summed E-state index contributed by atoms with van der Waals surface area (Å²) in [6.45, 7) is 0.257. The van der Waals surface area contributed by atoms with Crippen molar-refractivity contribution in [3.05, 3.63) is 184 Å². The molecule has 250 valence electrons. The smallest absolute Gasteiger partial charge is 0.203 e. The molecular weight excluding hydrogens is 628 g/mol. The van der Waals surface area contributed by atoms with Gasteiger partial charge in [0.1, 0.15) is 29.4 Å². The predicted molar refractivity (Wildman–Crippen MR) is 190 cm³/mol. The number of phenols is 3. The number of benzene rings is 6. The van der Waals surface area contributed by atoms with Crippen molar-refractivity contribution in [1.29, 1.82) is 0 Å². The van der Waals surface area contributed by atoms with Crippen LogP contribution in [0, 0.1) is 0 Å². The van der Waals surface area contributed by atoms with Gasteiger partial charge in [0.25, 0.3) is 0 Å². The Hall–Kier alpha value is -6.05. The molecule has 50 heavy (non-hydrogen) atoms. The van der Waals surface area contributed by atoms with Crippen molar-refractivity contribution < 1.29 is 34.3 Å². The lowest BCUT2D eigenvalue weighted by atomic mass is 9.86. The number of Topliss-reactive ketones (excluding diaryl/α,β-unsaturated/α-hetero) is 1. The van der Waals surface area contributed by atoms with Crippen molar-refractivity contribution in [3.8, 4) is 28.7 Å². The fourth-order valence-electron chi connectivity index (χ4n) is 6.33. The van der Waals surface area contributed by atoms with E-state index >= 15 is 4.79 Å². The first-order chi connectivity index (χ1) is 24.5. The van der Waals surface area contributed by atoms with Crippen LogP contribution < -0.4 is 9.47 Å². The van der Waals surface area contributed by atoms with Gasteiger partial charge in [-0.3, -0.25) is 4.79 Å². The van der Waals surface area contributed by atoms with Crippen LogP contribution in [0.2, 0.25) is 0 Å². The topological polar surface area (TPSA) is 105 Å². The Kier molecular flexibility index (Phi) is 9.49. The van der Waals surface area contributed by atoms with E-state index in [4.69, 9.17) is 14.2 Å². The molecule has 7 heteroatoms. The lowest BCUT2D eigenvalue weighted by molar-refractivity contribution is -0.0297. The van der Waals surface area contributed by atoms with Crippen molar-refractivity contribution in [3.63, 3.8) is 0 Å². The highest BCUT2D eigenvalue weighted by atomic mass is 16.6. The molecule has 1 aliphatic heterocycles. The first kappa shape index (κ1) is 32.5. The summed E-state index contributed by atoms with van der Waals surface area (Å²) in [4.78, 5) is 15.0. The standard InChI is InChI=1S/C43H36O7/c44-35-22-21-32(25-36(35)45)40-43(49-27-31-19-11-4-12-20-31)39(47)37-41(48-26-30-17-9-3-10-18-30)33(23-28-13-5-1-6-14-28)38(46)34(42(37)50-40)24-29-15-7-2-8-16-29/h1-22,25,40,43-46H,23-24,26-27H2. The number of rotatable bonds is 11. The van der Waals surface area contributed by atoms with Gasteiger partial charge in [0.15, 0.2) is 23.7 Å². The predicted octanol–water partition coefficient (Wildman–Crippen LogP) is 8.47. The van der Waals surface area contributed by atoms with E-state index in [1.807, 2.05) is 121 Å². The molecule has 0 amide bonds. The van der Waals surface area contributed by atoms with E-state index < -0.39 is 12.2 Å². The largest absolute Gasteiger partial charge is 0.507 e. The number of hydrogen-bond donors (Lipinski definition) is 3. The van der Waals surface area contributed by atoms with Crippen LogP contribution >= 0.6 is 0 Å². The van der Waals surface area contributed by atoms with Crippen LogP contribution in [0.15, 0.2) is 140 Å². The summed E-state index contributed by atoms with van der Waals surface area (Å²) < 4.78 is 19.7. The Labute approximate surface area is 290 Å². The normalized spacial score (nSPS) is 15.2. The molecule has 3 N–H and O–H groups in total. The van der Waals surface area contributed by atoms with E-state index in [-0.39, 0.29) is 59.7 Å². The summed E-state index contributed by atoms with van der Waals surface area (Å²) in [5.41, 5.74) is 5.10. The van der Waals surface area contributed by atoms with Gasteiger partial charge in [0.2, 0.25) is 5.78 Å². The highest BCUT2D eigenvalue weighted by Crippen LogP contribution is 2.51. The number of phenolic OH excluding ortho intramolecular Hbond substituents is 3. The fraction of sp³-hybridized carbons (Fsp3) is 0.140. The molecular formula is C43H36O7. The molecule has 2 atom stereocenters. The van der Waals surface area contributed by atoms with Crippen LogP contribution in [-0.2, 0) is 30.8 Å². The second-order valence-corrected chi connectivity index (χ2v) is 12.3. The van der Waals surface area contributed by atoms with Gasteiger partial charge in [-0.15, -0.1) is 0 Å². The van der Waals surface area contributed by atoms with E-state index in [2.05, 4.69) is 0 Å². The summed E-state index contributed by atoms with van der Waals surface area (Å²) in [7, 11) is 0. The summed E-state index contributed by atoms with van der Waals surface area (Å²) in [5, 5.41) is 32.8. The lowest BCUT2D eigenvalue weighted by Gasteiger charge is -2.36. The molecule has 0 fully saturated rings. The zero-order valence-corrected chi connectivity index (χ0v) is 27.2. The molecule has 1 aliphatic rings. The van der Waals surface area contributed by atoms with E-state index in [0.29, 0.717) is 23.1 Å². The molecule has 6 aromatic rings. The third-order valence-corrected chi connectivity index (χ3v) is 8.87. The SMILES string of the molecule is O=C1c2c(OCc3ccccc3)c(Cc3ccccc3)c(O)c(Cc3ccccc3)c2OC(c2ccc(O)c(O)c2)C1OCc1ccccc1. The van der Waals surface area contributed by atoms with E-state index in [9.17, 15) is 15.3 Å². The third kappa shape index (κ3) is 6.90. The van der Waals surface area contributed by atoms with Gasteiger partial charge in [-0.1, -0.05) is 127 Å². The monoisotopic (exact) mass is 664 g/mol. The summed E-state index contributed by atoms with van der Waals surface area (Å²) in [5.74, 6) is -0.651. The van der Waals surface area contributed by atoms with Gasteiger partial charge >= 0.3 is 0 Å². The zero-order chi connectivity index (χ0) is 34.5. The average Bonchev–Trinajstić information content (AvgIpc) is 3.15. The summed E-state index contributed by atoms with van der Waals surface area (Å²) >= 11 is 0. The number of fused-ring (bicyclic) bond motifs is 1. The molecule has 0 aliphatic carbocycles. The zero-order valence-electron chi connectivity index (χ0n) is 27.2. The second kappa shape index (κ2) is 14.6. The Morgan fingerprint density at radius 2 is 1.10 bits per heavy atom. The maximum absolute atomic E-state index is 15.0. The van der Waals surface area contributed by atoms with Crippen molar-refractivity contribution >= 4 is 5.78 Å². The number of carbonyl (C=O) groups is 1. The Morgan fingerprint density at radius 3 is 1.66 bits per heavy atom. The van der Waals surface area contributed by atoms with Crippen LogP contribution in [0.5, 0.6) is 28.7 Å². The molecule has 0 aromatic heterocycles. The first-order valence-electron chi connectivity index (χ1n) is 16.5. The average molecular weight is 665 g/mol. The summed E-state index contributed by atoms with van der Waals surface area (Å²) in [6, 6.07) is 42.8. The molecule has 0 radical (unpaired) electrons. The van der Waals surface area contributed by atoms with Crippen molar-refractivity contribution in [2.45, 2.75) is 38.3 Å². The van der Waals surface area contributed by atoms with Crippen LogP contribution in [0.25, 0.3) is 0 Å².